The van der Waals surface area contributed by atoms with Crippen molar-refractivity contribution in [2.75, 3.05) is 23.0 Å². The van der Waals surface area contributed by atoms with Gasteiger partial charge in [-0.1, -0.05) is 76.9 Å². The minimum absolute atomic E-state index is 0.0420. The van der Waals surface area contributed by atoms with Crippen LogP contribution in [0.3, 0.4) is 0 Å². The Hall–Kier alpha value is -4.51. The van der Waals surface area contributed by atoms with E-state index in [0.717, 1.165) is 54.3 Å². The van der Waals surface area contributed by atoms with Crippen LogP contribution in [0.15, 0.2) is 84.9 Å². The van der Waals surface area contributed by atoms with Crippen molar-refractivity contribution in [3.8, 4) is 11.5 Å². The summed E-state index contributed by atoms with van der Waals surface area (Å²) in [4.78, 5) is 10.5. The number of aryl methyl sites for hydroxylation is 1. The summed E-state index contributed by atoms with van der Waals surface area (Å²) < 4.78 is 9.16. The number of ether oxygens (including phenoxy) is 1. The quantitative estimate of drug-likeness (QED) is 0.164. The van der Waals surface area contributed by atoms with Gasteiger partial charge in [-0.3, -0.25) is 4.40 Å². The third kappa shape index (κ3) is 3.76. The molecule has 0 aliphatic carbocycles. The second-order valence-corrected chi connectivity index (χ2v) is 14.3. The molecule has 226 valence electrons. The molecule has 0 radical (unpaired) electrons. The molecule has 0 fully saturated rings. The van der Waals surface area contributed by atoms with Crippen molar-refractivity contribution in [1.82, 2.24) is 9.38 Å². The van der Waals surface area contributed by atoms with Crippen molar-refractivity contribution in [3.05, 3.63) is 102 Å². The summed E-state index contributed by atoms with van der Waals surface area (Å²) in [6, 6.07) is 30.8. The number of pyridine rings is 1. The largest absolute Gasteiger partial charge is 0.457 e. The van der Waals surface area contributed by atoms with Gasteiger partial charge in [-0.15, -0.1) is 0 Å². The minimum Gasteiger partial charge on any atom is -0.457 e. The molecule has 5 heterocycles. The van der Waals surface area contributed by atoms with Crippen LogP contribution in [0.1, 0.15) is 70.3 Å². The molecule has 9 rings (SSSR count). The molecule has 5 nitrogen and oxygen atoms in total. The predicted molar refractivity (Wildman–Crippen MR) is 186 cm³/mol. The summed E-state index contributed by atoms with van der Waals surface area (Å²) in [5.74, 6) is 1.68. The summed E-state index contributed by atoms with van der Waals surface area (Å²) in [6.45, 7) is 11.6. The summed E-state index contributed by atoms with van der Waals surface area (Å²) in [7, 11) is 0. The molecule has 8 bridgehead atoms. The van der Waals surface area contributed by atoms with Crippen LogP contribution in [0.2, 0.25) is 0 Å². The molecule has 0 amide bonds. The Morgan fingerprint density at radius 1 is 0.689 bits per heavy atom. The molecule has 0 saturated heterocycles. The van der Waals surface area contributed by atoms with Crippen molar-refractivity contribution < 1.29 is 4.74 Å². The van der Waals surface area contributed by atoms with Gasteiger partial charge in [0, 0.05) is 39.9 Å². The molecule has 0 unspecified atom stereocenters. The summed E-state index contributed by atoms with van der Waals surface area (Å²) in [5.41, 5.74) is 10.0. The third-order valence-electron chi connectivity index (χ3n) is 11.3. The Balaban J connectivity index is 1.25. The van der Waals surface area contributed by atoms with Crippen molar-refractivity contribution >= 4 is 44.4 Å². The van der Waals surface area contributed by atoms with Gasteiger partial charge in [-0.05, 0) is 72.7 Å². The van der Waals surface area contributed by atoms with Gasteiger partial charge in [0.25, 0.3) is 0 Å². The molecular weight excluding hydrogens is 552 g/mol. The van der Waals surface area contributed by atoms with Crippen LogP contribution in [-0.4, -0.2) is 22.6 Å². The topological polar surface area (TPSA) is 33.0 Å². The van der Waals surface area contributed by atoms with Gasteiger partial charge in [0.15, 0.2) is 0 Å². The molecule has 0 spiro atoms. The zero-order valence-electron chi connectivity index (χ0n) is 26.7. The first-order valence-corrected chi connectivity index (χ1v) is 16.6. The first kappa shape index (κ1) is 26.9. The number of rotatable bonds is 0. The molecule has 3 aliphatic heterocycles. The lowest BCUT2D eigenvalue weighted by atomic mass is 9.60. The monoisotopic (exact) mass is 592 g/mol. The zero-order valence-corrected chi connectivity index (χ0v) is 26.7. The van der Waals surface area contributed by atoms with Gasteiger partial charge in [0.05, 0.1) is 34.9 Å². The van der Waals surface area contributed by atoms with Gasteiger partial charge >= 0.3 is 0 Å². The van der Waals surface area contributed by atoms with E-state index in [-0.39, 0.29) is 10.8 Å². The highest BCUT2D eigenvalue weighted by atomic mass is 16.5. The van der Waals surface area contributed by atoms with Gasteiger partial charge in [0.2, 0.25) is 0 Å². The van der Waals surface area contributed by atoms with Crippen molar-refractivity contribution in [1.29, 1.82) is 0 Å². The van der Waals surface area contributed by atoms with Crippen LogP contribution in [0.4, 0.5) is 17.1 Å². The lowest BCUT2D eigenvalue weighted by molar-refractivity contribution is 0.286. The van der Waals surface area contributed by atoms with E-state index in [9.17, 15) is 0 Å². The predicted octanol–water partition coefficient (Wildman–Crippen LogP) is 10.0. The van der Waals surface area contributed by atoms with Crippen LogP contribution in [0.5, 0.6) is 11.5 Å². The second kappa shape index (κ2) is 9.50. The van der Waals surface area contributed by atoms with Gasteiger partial charge in [-0.2, -0.15) is 0 Å². The van der Waals surface area contributed by atoms with Crippen LogP contribution in [0, 0.1) is 0 Å². The lowest BCUT2D eigenvalue weighted by Gasteiger charge is -2.46. The van der Waals surface area contributed by atoms with E-state index in [1.165, 1.54) is 63.9 Å². The fraction of sp³-hybridized carbons (Fsp3) is 0.325. The van der Waals surface area contributed by atoms with Gasteiger partial charge in [-0.25, -0.2) is 4.98 Å². The molecule has 5 heteroatoms. The Kier molecular flexibility index (Phi) is 5.67. The van der Waals surface area contributed by atoms with Crippen LogP contribution < -0.4 is 14.5 Å². The Morgan fingerprint density at radius 2 is 1.49 bits per heavy atom. The van der Waals surface area contributed by atoms with E-state index in [0.29, 0.717) is 0 Å². The summed E-state index contributed by atoms with van der Waals surface area (Å²) in [5, 5.41) is 3.67. The fourth-order valence-corrected chi connectivity index (χ4v) is 8.32. The molecule has 0 saturated carbocycles. The highest BCUT2D eigenvalue weighted by Crippen LogP contribution is 2.52. The Labute approximate surface area is 265 Å². The maximum atomic E-state index is 6.64. The fourth-order valence-electron chi connectivity index (χ4n) is 8.32. The number of anilines is 3. The molecule has 0 atom stereocenters. The Morgan fingerprint density at radius 3 is 2.38 bits per heavy atom. The maximum absolute atomic E-state index is 6.64. The lowest BCUT2D eigenvalue weighted by Crippen LogP contribution is -2.44. The first-order valence-electron chi connectivity index (χ1n) is 16.6. The normalized spacial score (nSPS) is 18.5. The Bertz CT molecular complexity index is 2160. The first-order chi connectivity index (χ1) is 21.8. The van der Waals surface area contributed by atoms with Crippen molar-refractivity contribution in [2.24, 2.45) is 0 Å². The molecule has 3 aliphatic rings. The molecule has 4 aromatic carbocycles. The summed E-state index contributed by atoms with van der Waals surface area (Å²) >= 11 is 0. The number of fused-ring (bicyclic) bond motifs is 12. The SMILES string of the molecule is CC1(C)c2cccc3c4ccc5cc4c4nc(c(n4c23)C1(C)C)CCCCCCN1CN(c2cccc(c2)O5)c2ccccc21. The van der Waals surface area contributed by atoms with Gasteiger partial charge in [0.1, 0.15) is 17.1 Å². The number of imidazole rings is 1. The maximum Gasteiger partial charge on any atom is 0.145 e. The van der Waals surface area contributed by atoms with E-state index in [1.54, 1.807) is 0 Å². The molecular formula is C40H40N4O. The highest BCUT2D eigenvalue weighted by Gasteiger charge is 2.47. The van der Waals surface area contributed by atoms with Crippen molar-refractivity contribution in [3.63, 3.8) is 0 Å². The number of para-hydroxylation sites is 3. The minimum atomic E-state index is -0.0860. The van der Waals surface area contributed by atoms with E-state index in [4.69, 9.17) is 9.72 Å². The number of hydrogen-bond donors (Lipinski definition) is 0. The highest BCUT2D eigenvalue weighted by molar-refractivity contribution is 6.13. The van der Waals surface area contributed by atoms with E-state index < -0.39 is 0 Å². The average Bonchev–Trinajstić information content (AvgIpc) is 3.61. The standard InChI is InChI=1S/C40H40N4O/c1-39(2)32-16-12-15-30-29-21-20-28-24-31(29)38-41-33(37(40(39,3)4)44(38)36(30)32)17-7-5-6-10-22-42-25-43(35-19-9-8-18-34(35)42)26-13-11-14-27(23-26)45-28/h8-9,11-16,18-21,23-24H,5-7,10,17,22,25H2,1-4H3. The second-order valence-electron chi connectivity index (χ2n) is 14.3. The van der Waals surface area contributed by atoms with E-state index in [2.05, 4.69) is 127 Å². The number of hydrogen-bond acceptors (Lipinski definition) is 4. The average molecular weight is 593 g/mol. The van der Waals surface area contributed by atoms with Crippen molar-refractivity contribution in [2.45, 2.75) is 70.6 Å². The number of aromatic nitrogens is 2. The molecule has 6 aromatic rings. The molecule has 0 N–H and O–H groups in total. The van der Waals surface area contributed by atoms with Crippen LogP contribution in [-0.2, 0) is 17.3 Å². The van der Waals surface area contributed by atoms with E-state index in [1.807, 2.05) is 0 Å². The summed E-state index contributed by atoms with van der Waals surface area (Å²) in [6.07, 6.45) is 5.77. The number of nitrogens with zero attached hydrogens (tertiary/aromatic N) is 4. The smallest absolute Gasteiger partial charge is 0.145 e. The molecule has 45 heavy (non-hydrogen) atoms. The third-order valence-corrected chi connectivity index (χ3v) is 11.3. The van der Waals surface area contributed by atoms with Crippen LogP contribution >= 0.6 is 0 Å². The van der Waals surface area contributed by atoms with Crippen LogP contribution in [0.25, 0.3) is 27.3 Å². The van der Waals surface area contributed by atoms with Gasteiger partial charge < -0.3 is 14.5 Å². The molecule has 2 aromatic heterocycles. The van der Waals surface area contributed by atoms with E-state index >= 15 is 0 Å². The zero-order chi connectivity index (χ0) is 30.5. The number of benzene rings is 4.